The van der Waals surface area contributed by atoms with E-state index in [0.717, 1.165) is 6.20 Å². The molecule has 0 aliphatic rings. The number of halogens is 2. The van der Waals surface area contributed by atoms with Crippen LogP contribution in [0.2, 0.25) is 5.28 Å². The van der Waals surface area contributed by atoms with Crippen molar-refractivity contribution in [2.45, 2.75) is 39.3 Å². The molecule has 1 rings (SSSR count). The third-order valence-corrected chi connectivity index (χ3v) is 2.70. The van der Waals surface area contributed by atoms with Crippen LogP contribution in [-0.2, 0) is 9.53 Å². The average Bonchev–Trinajstić information content (AvgIpc) is 2.22. The molecule has 0 bridgehead atoms. The Morgan fingerprint density at radius 1 is 1.61 bits per heavy atom. The Hall–Kier alpha value is -1.43. The van der Waals surface area contributed by atoms with Crippen LogP contribution in [0.3, 0.4) is 0 Å². The largest absolute Gasteiger partial charge is 0.460 e. The van der Waals surface area contributed by atoms with Crippen molar-refractivity contribution in [3.05, 3.63) is 17.3 Å². The summed E-state index contributed by atoms with van der Waals surface area (Å²) in [4.78, 5) is 18.2. The number of anilines is 1. The molecule has 5 nitrogen and oxygen atoms in total. The standard InChI is InChI=1S/C11H15ClFN3O2/c1-6(18-7(2)17)11(3,4)16-9-8(13)5-14-10(12)15-9/h5-6H,1-4H3,(H,14,15,16). The molecule has 1 heterocycles. The molecule has 1 N–H and O–H groups in total. The lowest BCUT2D eigenvalue weighted by Gasteiger charge is -2.32. The van der Waals surface area contributed by atoms with Gasteiger partial charge in [0, 0.05) is 6.92 Å². The number of carbonyl (C=O) groups is 1. The first kappa shape index (κ1) is 14.6. The predicted molar refractivity (Wildman–Crippen MR) is 65.9 cm³/mol. The Kier molecular flexibility index (Phi) is 4.45. The first-order valence-corrected chi connectivity index (χ1v) is 5.73. The summed E-state index contributed by atoms with van der Waals surface area (Å²) in [5.74, 6) is -1.06. The van der Waals surface area contributed by atoms with Crippen molar-refractivity contribution < 1.29 is 13.9 Å². The number of carbonyl (C=O) groups excluding carboxylic acids is 1. The normalized spacial score (nSPS) is 13.0. The number of aromatic nitrogens is 2. The topological polar surface area (TPSA) is 64.1 Å². The number of ether oxygens (including phenoxy) is 1. The highest BCUT2D eigenvalue weighted by atomic mass is 35.5. The highest BCUT2D eigenvalue weighted by Crippen LogP contribution is 2.21. The molecule has 0 saturated carbocycles. The van der Waals surface area contributed by atoms with Gasteiger partial charge in [0.25, 0.3) is 0 Å². The van der Waals surface area contributed by atoms with Crippen LogP contribution in [0.15, 0.2) is 6.20 Å². The summed E-state index contributed by atoms with van der Waals surface area (Å²) in [6, 6.07) is 0. The lowest BCUT2D eigenvalue weighted by atomic mass is 9.98. The van der Waals surface area contributed by atoms with E-state index in [2.05, 4.69) is 15.3 Å². The maximum Gasteiger partial charge on any atom is 0.302 e. The van der Waals surface area contributed by atoms with Crippen LogP contribution in [0.4, 0.5) is 10.2 Å². The zero-order chi connectivity index (χ0) is 13.9. The molecule has 0 saturated heterocycles. The minimum absolute atomic E-state index is 0.0287. The van der Waals surface area contributed by atoms with Crippen molar-refractivity contribution in [3.8, 4) is 0 Å². The van der Waals surface area contributed by atoms with Gasteiger partial charge >= 0.3 is 5.97 Å². The van der Waals surface area contributed by atoms with Gasteiger partial charge in [0.05, 0.1) is 11.7 Å². The van der Waals surface area contributed by atoms with Gasteiger partial charge in [0.1, 0.15) is 6.10 Å². The van der Waals surface area contributed by atoms with Gasteiger partial charge in [0.15, 0.2) is 11.6 Å². The lowest BCUT2D eigenvalue weighted by Crippen LogP contribution is -2.44. The Balaban J connectivity index is 2.87. The summed E-state index contributed by atoms with van der Waals surface area (Å²) < 4.78 is 18.5. The molecule has 7 heteroatoms. The summed E-state index contributed by atoms with van der Waals surface area (Å²) in [5, 5.41) is 2.78. The van der Waals surface area contributed by atoms with Crippen LogP contribution < -0.4 is 5.32 Å². The van der Waals surface area contributed by atoms with Crippen LogP contribution in [0.5, 0.6) is 0 Å². The fraction of sp³-hybridized carbons (Fsp3) is 0.545. The van der Waals surface area contributed by atoms with Gasteiger partial charge in [-0.05, 0) is 32.4 Å². The van der Waals surface area contributed by atoms with Gasteiger partial charge in [-0.25, -0.2) is 9.37 Å². The zero-order valence-electron chi connectivity index (χ0n) is 10.6. The van der Waals surface area contributed by atoms with Crippen LogP contribution in [-0.4, -0.2) is 27.6 Å². The Morgan fingerprint density at radius 3 is 2.78 bits per heavy atom. The smallest absolute Gasteiger partial charge is 0.302 e. The summed E-state index contributed by atoms with van der Waals surface area (Å²) >= 11 is 5.60. The summed E-state index contributed by atoms with van der Waals surface area (Å²) in [6.07, 6.45) is 0.507. The van der Waals surface area contributed by atoms with Crippen molar-refractivity contribution in [2.75, 3.05) is 5.32 Å². The van der Waals surface area contributed by atoms with Crippen molar-refractivity contribution in [3.63, 3.8) is 0 Å². The number of nitrogens with zero attached hydrogens (tertiary/aromatic N) is 2. The second-order valence-corrected chi connectivity index (χ2v) is 4.77. The Labute approximate surface area is 110 Å². The fourth-order valence-corrected chi connectivity index (χ4v) is 1.37. The number of hydrogen-bond donors (Lipinski definition) is 1. The van der Waals surface area contributed by atoms with E-state index in [1.165, 1.54) is 6.92 Å². The molecule has 100 valence electrons. The van der Waals surface area contributed by atoms with Gasteiger partial charge < -0.3 is 10.1 Å². The van der Waals surface area contributed by atoms with E-state index in [0.29, 0.717) is 0 Å². The van der Waals surface area contributed by atoms with E-state index in [9.17, 15) is 9.18 Å². The van der Waals surface area contributed by atoms with E-state index >= 15 is 0 Å². The molecule has 0 amide bonds. The summed E-state index contributed by atoms with van der Waals surface area (Å²) in [6.45, 7) is 6.54. The van der Waals surface area contributed by atoms with E-state index in [-0.39, 0.29) is 11.1 Å². The maximum atomic E-state index is 13.5. The lowest BCUT2D eigenvalue weighted by molar-refractivity contribution is -0.147. The molecule has 0 aliphatic carbocycles. The molecule has 0 aromatic carbocycles. The fourth-order valence-electron chi connectivity index (χ4n) is 1.24. The van der Waals surface area contributed by atoms with Crippen LogP contribution >= 0.6 is 11.6 Å². The van der Waals surface area contributed by atoms with Crippen LogP contribution in [0.1, 0.15) is 27.7 Å². The van der Waals surface area contributed by atoms with Gasteiger partial charge in [-0.3, -0.25) is 4.79 Å². The van der Waals surface area contributed by atoms with E-state index in [1.807, 2.05) is 0 Å². The summed E-state index contributed by atoms with van der Waals surface area (Å²) in [5.41, 5.74) is -0.704. The quantitative estimate of drug-likeness (QED) is 0.675. The summed E-state index contributed by atoms with van der Waals surface area (Å²) in [7, 11) is 0. The van der Waals surface area contributed by atoms with Gasteiger partial charge in [-0.15, -0.1) is 0 Å². The van der Waals surface area contributed by atoms with Crippen molar-refractivity contribution in [1.82, 2.24) is 9.97 Å². The molecule has 1 unspecified atom stereocenters. The van der Waals surface area contributed by atoms with Crippen LogP contribution in [0, 0.1) is 5.82 Å². The molecular formula is C11H15ClFN3O2. The number of nitrogens with one attached hydrogen (secondary N) is 1. The number of rotatable bonds is 4. The monoisotopic (exact) mass is 275 g/mol. The van der Waals surface area contributed by atoms with Gasteiger partial charge in [0.2, 0.25) is 5.28 Å². The maximum absolute atomic E-state index is 13.5. The SMILES string of the molecule is CC(=O)OC(C)C(C)(C)Nc1nc(Cl)ncc1F. The molecule has 18 heavy (non-hydrogen) atoms. The van der Waals surface area contributed by atoms with Gasteiger partial charge in [-0.1, -0.05) is 0 Å². The number of hydrogen-bond acceptors (Lipinski definition) is 5. The minimum Gasteiger partial charge on any atom is -0.460 e. The highest BCUT2D eigenvalue weighted by Gasteiger charge is 2.29. The second-order valence-electron chi connectivity index (χ2n) is 4.43. The third-order valence-electron chi connectivity index (χ3n) is 2.51. The third kappa shape index (κ3) is 3.80. The molecule has 0 aliphatic heterocycles. The highest BCUT2D eigenvalue weighted by molar-refractivity contribution is 6.28. The molecule has 1 aromatic rings. The van der Waals surface area contributed by atoms with E-state index in [1.54, 1.807) is 20.8 Å². The number of esters is 1. The van der Waals surface area contributed by atoms with Gasteiger partial charge in [-0.2, -0.15) is 4.98 Å². The van der Waals surface area contributed by atoms with Crippen molar-refractivity contribution >= 4 is 23.4 Å². The molecule has 1 atom stereocenters. The first-order chi connectivity index (χ1) is 8.22. The van der Waals surface area contributed by atoms with E-state index < -0.39 is 23.4 Å². The zero-order valence-corrected chi connectivity index (χ0v) is 11.4. The van der Waals surface area contributed by atoms with Crippen molar-refractivity contribution in [1.29, 1.82) is 0 Å². The Bertz CT molecular complexity index is 454. The molecule has 0 spiro atoms. The Morgan fingerprint density at radius 2 is 2.22 bits per heavy atom. The molecule has 0 fully saturated rings. The molecule has 1 aromatic heterocycles. The van der Waals surface area contributed by atoms with Crippen LogP contribution in [0.25, 0.3) is 0 Å². The van der Waals surface area contributed by atoms with Crippen molar-refractivity contribution in [2.24, 2.45) is 0 Å². The molecule has 0 radical (unpaired) electrons. The second kappa shape index (κ2) is 5.48. The predicted octanol–water partition coefficient (Wildman–Crippen LogP) is 2.41. The average molecular weight is 276 g/mol. The molecular weight excluding hydrogens is 261 g/mol. The minimum atomic E-state index is -0.704. The first-order valence-electron chi connectivity index (χ1n) is 5.36. The van der Waals surface area contributed by atoms with E-state index in [4.69, 9.17) is 16.3 Å².